The highest BCUT2D eigenvalue weighted by atomic mass is 16.5. The van der Waals surface area contributed by atoms with E-state index in [-0.39, 0.29) is 0 Å². The molecule has 0 aliphatic rings. The summed E-state index contributed by atoms with van der Waals surface area (Å²) in [4.78, 5) is 0. The highest BCUT2D eigenvalue weighted by molar-refractivity contribution is 5.27. The van der Waals surface area contributed by atoms with Crippen LogP contribution in [-0.4, -0.2) is 19.2 Å². The van der Waals surface area contributed by atoms with Gasteiger partial charge in [0, 0.05) is 6.04 Å². The third kappa shape index (κ3) is 5.73. The van der Waals surface area contributed by atoms with Crippen molar-refractivity contribution in [3.05, 3.63) is 29.8 Å². The molecule has 1 rings (SSSR count). The first-order valence-electron chi connectivity index (χ1n) is 6.71. The third-order valence-electron chi connectivity index (χ3n) is 2.84. The molecule has 1 atom stereocenters. The molecule has 0 aliphatic heterocycles. The van der Waals surface area contributed by atoms with Crippen molar-refractivity contribution in [3.8, 4) is 5.75 Å². The molecule has 2 nitrogen and oxygen atoms in total. The number of aryl methyl sites for hydroxylation is 1. The van der Waals surface area contributed by atoms with Gasteiger partial charge in [-0.2, -0.15) is 0 Å². The summed E-state index contributed by atoms with van der Waals surface area (Å²) in [7, 11) is 0. The van der Waals surface area contributed by atoms with Crippen LogP contribution in [0.3, 0.4) is 0 Å². The largest absolute Gasteiger partial charge is 0.494 e. The van der Waals surface area contributed by atoms with Gasteiger partial charge >= 0.3 is 0 Å². The number of hydrogen-bond donors (Lipinski definition) is 1. The topological polar surface area (TPSA) is 21.3 Å². The van der Waals surface area contributed by atoms with Gasteiger partial charge < -0.3 is 10.1 Å². The molecule has 2 heteroatoms. The van der Waals surface area contributed by atoms with Crippen LogP contribution >= 0.6 is 0 Å². The average Bonchev–Trinajstić information content (AvgIpc) is 2.36. The van der Waals surface area contributed by atoms with E-state index in [1.54, 1.807) is 0 Å². The zero-order valence-corrected chi connectivity index (χ0v) is 11.3. The Morgan fingerprint density at radius 2 is 1.88 bits per heavy atom. The number of hydrogen-bond acceptors (Lipinski definition) is 2. The van der Waals surface area contributed by atoms with E-state index in [1.807, 2.05) is 6.92 Å². The third-order valence-corrected chi connectivity index (χ3v) is 2.84. The van der Waals surface area contributed by atoms with Crippen LogP contribution < -0.4 is 10.1 Å². The van der Waals surface area contributed by atoms with E-state index < -0.39 is 0 Å². The van der Waals surface area contributed by atoms with E-state index in [4.69, 9.17) is 4.74 Å². The van der Waals surface area contributed by atoms with E-state index in [1.165, 1.54) is 18.4 Å². The van der Waals surface area contributed by atoms with Crippen LogP contribution in [0.25, 0.3) is 0 Å². The van der Waals surface area contributed by atoms with Crippen LogP contribution in [0.2, 0.25) is 0 Å². The molecule has 0 radical (unpaired) electrons. The minimum Gasteiger partial charge on any atom is -0.494 e. The fraction of sp³-hybridized carbons (Fsp3) is 0.600. The first-order valence-corrected chi connectivity index (χ1v) is 6.71. The van der Waals surface area contributed by atoms with Crippen molar-refractivity contribution < 1.29 is 4.74 Å². The molecular formula is C15H25NO. The molecule has 1 aromatic carbocycles. The molecule has 0 spiro atoms. The van der Waals surface area contributed by atoms with E-state index in [0.717, 1.165) is 25.3 Å². The normalized spacial score (nSPS) is 12.4. The van der Waals surface area contributed by atoms with Crippen LogP contribution in [0, 0.1) is 0 Å². The van der Waals surface area contributed by atoms with Gasteiger partial charge in [-0.25, -0.2) is 0 Å². The Morgan fingerprint density at radius 1 is 1.18 bits per heavy atom. The highest BCUT2D eigenvalue weighted by Gasteiger charge is 2.01. The Bertz CT molecular complexity index is 294. The SMILES string of the molecule is CCCNC(C)CCc1ccc(OCC)cc1. The van der Waals surface area contributed by atoms with Crippen molar-refractivity contribution in [2.45, 2.75) is 46.1 Å². The summed E-state index contributed by atoms with van der Waals surface area (Å²) in [6.07, 6.45) is 3.52. The summed E-state index contributed by atoms with van der Waals surface area (Å²) in [5.74, 6) is 0.966. The summed E-state index contributed by atoms with van der Waals surface area (Å²) >= 11 is 0. The van der Waals surface area contributed by atoms with Gasteiger partial charge in [-0.1, -0.05) is 19.1 Å². The maximum absolute atomic E-state index is 5.43. The Hall–Kier alpha value is -1.02. The smallest absolute Gasteiger partial charge is 0.119 e. The second-order valence-corrected chi connectivity index (χ2v) is 4.47. The zero-order chi connectivity index (χ0) is 12.5. The predicted octanol–water partition coefficient (Wildman–Crippen LogP) is 3.41. The molecule has 0 amide bonds. The standard InChI is InChI=1S/C15H25NO/c1-4-12-16-13(3)6-7-14-8-10-15(11-9-14)17-5-2/h8-11,13,16H,4-7,12H2,1-3H3. The minimum absolute atomic E-state index is 0.599. The van der Waals surface area contributed by atoms with Gasteiger partial charge in [0.05, 0.1) is 6.61 Å². The average molecular weight is 235 g/mol. The van der Waals surface area contributed by atoms with Crippen LogP contribution in [0.15, 0.2) is 24.3 Å². The Balaban J connectivity index is 2.31. The number of rotatable bonds is 8. The lowest BCUT2D eigenvalue weighted by molar-refractivity contribution is 0.340. The molecule has 0 saturated carbocycles. The molecule has 1 unspecified atom stereocenters. The van der Waals surface area contributed by atoms with Crippen molar-refractivity contribution in [1.29, 1.82) is 0 Å². The monoisotopic (exact) mass is 235 g/mol. The zero-order valence-electron chi connectivity index (χ0n) is 11.3. The summed E-state index contributed by atoms with van der Waals surface area (Å²) < 4.78 is 5.43. The van der Waals surface area contributed by atoms with Gasteiger partial charge in [-0.3, -0.25) is 0 Å². The molecule has 0 bridgehead atoms. The van der Waals surface area contributed by atoms with Crippen molar-refractivity contribution in [1.82, 2.24) is 5.32 Å². The highest BCUT2D eigenvalue weighted by Crippen LogP contribution is 2.13. The molecule has 17 heavy (non-hydrogen) atoms. The maximum atomic E-state index is 5.43. The summed E-state index contributed by atoms with van der Waals surface area (Å²) in [5, 5.41) is 3.51. The minimum atomic E-state index is 0.599. The molecule has 0 fully saturated rings. The summed E-state index contributed by atoms with van der Waals surface area (Å²) in [6, 6.07) is 9.04. The lowest BCUT2D eigenvalue weighted by Crippen LogP contribution is -2.27. The molecule has 0 saturated heterocycles. The van der Waals surface area contributed by atoms with E-state index >= 15 is 0 Å². The predicted molar refractivity (Wildman–Crippen MR) is 73.7 cm³/mol. The number of ether oxygens (including phenoxy) is 1. The van der Waals surface area contributed by atoms with Crippen LogP contribution in [-0.2, 0) is 6.42 Å². The fourth-order valence-corrected chi connectivity index (χ4v) is 1.79. The van der Waals surface area contributed by atoms with Crippen molar-refractivity contribution >= 4 is 0 Å². The Labute approximate surface area is 105 Å². The van der Waals surface area contributed by atoms with Gasteiger partial charge in [0.2, 0.25) is 0 Å². The van der Waals surface area contributed by atoms with E-state index in [9.17, 15) is 0 Å². The van der Waals surface area contributed by atoms with Crippen LogP contribution in [0.1, 0.15) is 39.2 Å². The Kier molecular flexibility index (Phi) is 6.71. The summed E-state index contributed by atoms with van der Waals surface area (Å²) in [5.41, 5.74) is 1.39. The first kappa shape index (κ1) is 14.0. The van der Waals surface area contributed by atoms with Crippen LogP contribution in [0.4, 0.5) is 0 Å². The Morgan fingerprint density at radius 3 is 2.47 bits per heavy atom. The lowest BCUT2D eigenvalue weighted by atomic mass is 10.1. The molecule has 0 aromatic heterocycles. The second kappa shape index (κ2) is 8.13. The molecule has 1 aromatic rings. The second-order valence-electron chi connectivity index (χ2n) is 4.47. The first-order chi connectivity index (χ1) is 8.26. The van der Waals surface area contributed by atoms with Crippen LogP contribution in [0.5, 0.6) is 5.75 Å². The molecule has 1 N–H and O–H groups in total. The van der Waals surface area contributed by atoms with Crippen molar-refractivity contribution in [3.63, 3.8) is 0 Å². The van der Waals surface area contributed by atoms with E-state index in [2.05, 4.69) is 43.4 Å². The summed E-state index contributed by atoms with van der Waals surface area (Å²) in [6.45, 7) is 8.31. The maximum Gasteiger partial charge on any atom is 0.119 e. The van der Waals surface area contributed by atoms with Gasteiger partial charge in [0.1, 0.15) is 5.75 Å². The molecule has 0 aliphatic carbocycles. The van der Waals surface area contributed by atoms with Gasteiger partial charge in [-0.05, 0) is 57.4 Å². The van der Waals surface area contributed by atoms with Gasteiger partial charge in [0.25, 0.3) is 0 Å². The van der Waals surface area contributed by atoms with Crippen molar-refractivity contribution in [2.75, 3.05) is 13.2 Å². The number of nitrogens with one attached hydrogen (secondary N) is 1. The fourth-order valence-electron chi connectivity index (χ4n) is 1.79. The van der Waals surface area contributed by atoms with Gasteiger partial charge in [-0.15, -0.1) is 0 Å². The van der Waals surface area contributed by atoms with Gasteiger partial charge in [0.15, 0.2) is 0 Å². The van der Waals surface area contributed by atoms with Crippen molar-refractivity contribution in [2.24, 2.45) is 0 Å². The number of benzene rings is 1. The molecule has 0 heterocycles. The quantitative estimate of drug-likeness (QED) is 0.745. The van der Waals surface area contributed by atoms with E-state index in [0.29, 0.717) is 6.04 Å². The molecular weight excluding hydrogens is 210 g/mol. The lowest BCUT2D eigenvalue weighted by Gasteiger charge is -2.13. The molecule has 96 valence electrons.